The Kier molecular flexibility index (Phi) is 7.23. The average Bonchev–Trinajstić information content (AvgIpc) is 1.96. The van der Waals surface area contributed by atoms with Crippen molar-refractivity contribution in [2.75, 3.05) is 0 Å². The molecule has 0 heterocycles. The molecule has 0 saturated heterocycles. The van der Waals surface area contributed by atoms with Crippen molar-refractivity contribution in [3.63, 3.8) is 0 Å². The number of hydrogen-bond acceptors (Lipinski definition) is 0. The second kappa shape index (κ2) is 7.59. The highest BCUT2D eigenvalue weighted by molar-refractivity contribution is 4.88. The summed E-state index contributed by atoms with van der Waals surface area (Å²) in [6, 6.07) is 0. The SMILES string of the molecule is CC/C=C/CC/C=C/C(C)C. The van der Waals surface area contributed by atoms with Gasteiger partial charge in [0.2, 0.25) is 0 Å². The molecule has 0 nitrogen and oxygen atoms in total. The second-order valence-corrected chi connectivity index (χ2v) is 3.13. The van der Waals surface area contributed by atoms with Gasteiger partial charge in [-0.3, -0.25) is 0 Å². The highest BCUT2D eigenvalue weighted by Gasteiger charge is 1.81. The molecule has 64 valence electrons. The van der Waals surface area contributed by atoms with Crippen LogP contribution in [0.5, 0.6) is 0 Å². The first kappa shape index (κ1) is 10.5. The minimum absolute atomic E-state index is 0.699. The van der Waals surface area contributed by atoms with E-state index in [1.807, 2.05) is 0 Å². The quantitative estimate of drug-likeness (QED) is 0.413. The summed E-state index contributed by atoms with van der Waals surface area (Å²) in [6.45, 7) is 6.58. The molecule has 0 fully saturated rings. The Morgan fingerprint density at radius 1 is 1.00 bits per heavy atom. The maximum Gasteiger partial charge on any atom is -0.0290 e. The lowest BCUT2D eigenvalue weighted by Crippen LogP contribution is -1.76. The van der Waals surface area contributed by atoms with Gasteiger partial charge in [0.1, 0.15) is 0 Å². The van der Waals surface area contributed by atoms with Crippen LogP contribution in [-0.4, -0.2) is 0 Å². The lowest BCUT2D eigenvalue weighted by molar-refractivity contribution is 0.823. The predicted molar refractivity (Wildman–Crippen MR) is 52.6 cm³/mol. The van der Waals surface area contributed by atoms with E-state index in [0.717, 1.165) is 6.42 Å². The second-order valence-electron chi connectivity index (χ2n) is 3.13. The molecule has 0 aliphatic heterocycles. The van der Waals surface area contributed by atoms with Crippen molar-refractivity contribution in [2.24, 2.45) is 5.92 Å². The van der Waals surface area contributed by atoms with Crippen molar-refractivity contribution in [1.82, 2.24) is 0 Å². The van der Waals surface area contributed by atoms with E-state index in [1.165, 1.54) is 12.8 Å². The molecule has 0 aromatic heterocycles. The Bertz CT molecular complexity index is 118. The third-order valence-electron chi connectivity index (χ3n) is 1.42. The summed E-state index contributed by atoms with van der Waals surface area (Å²) in [5.41, 5.74) is 0. The van der Waals surface area contributed by atoms with Crippen LogP contribution in [0.1, 0.15) is 40.0 Å². The van der Waals surface area contributed by atoms with Crippen LogP contribution in [0.25, 0.3) is 0 Å². The Balaban J connectivity index is 3.20. The monoisotopic (exact) mass is 152 g/mol. The third-order valence-corrected chi connectivity index (χ3v) is 1.42. The highest BCUT2D eigenvalue weighted by Crippen LogP contribution is 1.98. The summed E-state index contributed by atoms with van der Waals surface area (Å²) in [6.07, 6.45) is 12.6. The van der Waals surface area contributed by atoms with Gasteiger partial charge in [-0.05, 0) is 25.2 Å². The smallest absolute Gasteiger partial charge is 0.0290 e. The van der Waals surface area contributed by atoms with Gasteiger partial charge in [-0.2, -0.15) is 0 Å². The summed E-state index contributed by atoms with van der Waals surface area (Å²) in [5, 5.41) is 0. The fraction of sp³-hybridized carbons (Fsp3) is 0.636. The fourth-order valence-electron chi connectivity index (χ4n) is 0.845. The lowest BCUT2D eigenvalue weighted by atomic mass is 10.2. The highest BCUT2D eigenvalue weighted by atomic mass is 13.9. The Morgan fingerprint density at radius 3 is 2.18 bits per heavy atom. The van der Waals surface area contributed by atoms with Gasteiger partial charge in [0.15, 0.2) is 0 Å². The molecular formula is C11H20. The fourth-order valence-corrected chi connectivity index (χ4v) is 0.845. The Morgan fingerprint density at radius 2 is 1.64 bits per heavy atom. The molecule has 0 unspecified atom stereocenters. The molecule has 0 N–H and O–H groups in total. The van der Waals surface area contributed by atoms with Gasteiger partial charge in [0.05, 0.1) is 0 Å². The minimum Gasteiger partial charge on any atom is -0.0888 e. The van der Waals surface area contributed by atoms with Crippen molar-refractivity contribution in [3.8, 4) is 0 Å². The zero-order valence-electron chi connectivity index (χ0n) is 8.01. The van der Waals surface area contributed by atoms with E-state index in [9.17, 15) is 0 Å². The standard InChI is InChI=1S/C11H20/c1-4-5-6-7-8-9-10-11(2)3/h5-6,9-11H,4,7-8H2,1-3H3/b6-5+,10-9+. The van der Waals surface area contributed by atoms with E-state index in [0.29, 0.717) is 5.92 Å². The van der Waals surface area contributed by atoms with E-state index >= 15 is 0 Å². The molecule has 0 heteroatoms. The van der Waals surface area contributed by atoms with Gasteiger partial charge in [-0.25, -0.2) is 0 Å². The van der Waals surface area contributed by atoms with E-state index in [2.05, 4.69) is 45.1 Å². The zero-order chi connectivity index (χ0) is 8.53. The Labute approximate surface area is 71.0 Å². The molecule has 0 bridgehead atoms. The van der Waals surface area contributed by atoms with Crippen LogP contribution in [-0.2, 0) is 0 Å². The summed E-state index contributed by atoms with van der Waals surface area (Å²) in [7, 11) is 0. The molecule has 0 saturated carbocycles. The van der Waals surface area contributed by atoms with Gasteiger partial charge in [-0.15, -0.1) is 0 Å². The molecule has 11 heavy (non-hydrogen) atoms. The van der Waals surface area contributed by atoms with Crippen LogP contribution in [0.3, 0.4) is 0 Å². The van der Waals surface area contributed by atoms with E-state index < -0.39 is 0 Å². The van der Waals surface area contributed by atoms with Crippen LogP contribution < -0.4 is 0 Å². The van der Waals surface area contributed by atoms with Crippen molar-refractivity contribution in [2.45, 2.75) is 40.0 Å². The molecule has 0 rings (SSSR count). The molecule has 0 aliphatic rings. The zero-order valence-corrected chi connectivity index (χ0v) is 8.01. The maximum atomic E-state index is 2.27. The molecule has 0 spiro atoms. The first-order chi connectivity index (χ1) is 5.27. The third kappa shape index (κ3) is 9.48. The minimum atomic E-state index is 0.699. The first-order valence-corrected chi connectivity index (χ1v) is 4.59. The maximum absolute atomic E-state index is 2.27. The average molecular weight is 152 g/mol. The van der Waals surface area contributed by atoms with Crippen molar-refractivity contribution < 1.29 is 0 Å². The van der Waals surface area contributed by atoms with Gasteiger partial charge in [0.25, 0.3) is 0 Å². The molecule has 0 aromatic carbocycles. The van der Waals surface area contributed by atoms with Crippen molar-refractivity contribution in [3.05, 3.63) is 24.3 Å². The summed E-state index contributed by atoms with van der Waals surface area (Å²) in [4.78, 5) is 0. The normalized spacial score (nSPS) is 12.4. The van der Waals surface area contributed by atoms with Gasteiger partial charge in [-0.1, -0.05) is 45.1 Å². The summed E-state index contributed by atoms with van der Waals surface area (Å²) < 4.78 is 0. The topological polar surface area (TPSA) is 0 Å². The molecular weight excluding hydrogens is 132 g/mol. The van der Waals surface area contributed by atoms with E-state index in [1.54, 1.807) is 0 Å². The number of hydrogen-bond donors (Lipinski definition) is 0. The number of unbranched alkanes of at least 4 members (excludes halogenated alkanes) is 1. The summed E-state index contributed by atoms with van der Waals surface area (Å²) in [5.74, 6) is 0.699. The van der Waals surface area contributed by atoms with E-state index in [-0.39, 0.29) is 0 Å². The van der Waals surface area contributed by atoms with Crippen molar-refractivity contribution >= 4 is 0 Å². The Hall–Kier alpha value is -0.520. The van der Waals surface area contributed by atoms with Crippen LogP contribution in [0.4, 0.5) is 0 Å². The molecule has 0 aliphatic carbocycles. The molecule has 0 amide bonds. The van der Waals surface area contributed by atoms with E-state index in [4.69, 9.17) is 0 Å². The van der Waals surface area contributed by atoms with Crippen LogP contribution >= 0.6 is 0 Å². The molecule has 0 aromatic rings. The lowest BCUT2D eigenvalue weighted by Gasteiger charge is -1.91. The molecule has 0 atom stereocenters. The van der Waals surface area contributed by atoms with Crippen LogP contribution in [0.15, 0.2) is 24.3 Å². The first-order valence-electron chi connectivity index (χ1n) is 4.59. The largest absolute Gasteiger partial charge is 0.0888 e. The summed E-state index contributed by atoms with van der Waals surface area (Å²) >= 11 is 0. The molecule has 0 radical (unpaired) electrons. The van der Waals surface area contributed by atoms with Crippen LogP contribution in [0.2, 0.25) is 0 Å². The van der Waals surface area contributed by atoms with Gasteiger partial charge >= 0.3 is 0 Å². The van der Waals surface area contributed by atoms with Gasteiger partial charge < -0.3 is 0 Å². The van der Waals surface area contributed by atoms with Gasteiger partial charge in [0, 0.05) is 0 Å². The van der Waals surface area contributed by atoms with Crippen LogP contribution in [0, 0.1) is 5.92 Å². The number of rotatable bonds is 5. The number of allylic oxidation sites excluding steroid dienone is 4. The predicted octanol–water partition coefficient (Wildman–Crippen LogP) is 3.95. The van der Waals surface area contributed by atoms with Crippen molar-refractivity contribution in [1.29, 1.82) is 0 Å².